The molecular formula is C26H42N4O2. The second-order valence-electron chi connectivity index (χ2n) is 10.3. The molecule has 2 aliphatic rings. The first-order valence-corrected chi connectivity index (χ1v) is 12.2. The summed E-state index contributed by atoms with van der Waals surface area (Å²) < 4.78 is 12.1. The first-order valence-electron chi connectivity index (χ1n) is 12.2. The van der Waals surface area contributed by atoms with E-state index < -0.39 is 0 Å². The monoisotopic (exact) mass is 442 g/mol. The first-order chi connectivity index (χ1) is 15.2. The van der Waals surface area contributed by atoms with Crippen molar-refractivity contribution in [3.63, 3.8) is 0 Å². The molecule has 0 N–H and O–H groups in total. The third kappa shape index (κ3) is 6.03. The van der Waals surface area contributed by atoms with Crippen molar-refractivity contribution in [2.75, 3.05) is 13.2 Å². The van der Waals surface area contributed by atoms with Crippen molar-refractivity contribution in [3.05, 3.63) is 35.4 Å². The molecule has 0 radical (unpaired) electrons. The minimum absolute atomic E-state index is 0.173. The molecule has 2 aliphatic heterocycles. The minimum atomic E-state index is 0.173. The molecule has 0 bridgehead atoms. The fraction of sp³-hybridized carbons (Fsp3) is 0.692. The van der Waals surface area contributed by atoms with E-state index in [0.29, 0.717) is 55.7 Å². The van der Waals surface area contributed by atoms with Crippen LogP contribution in [0.4, 0.5) is 0 Å². The standard InChI is InChI=1S/C26H42N4O2/c1-17(2)23-15-31-25(27-23)30(26-28-24(16-32-26)18(3)4)14-22-11-9-10-21(12-22)13-29(19(5)6)20(7)8/h9-12,17-20,23-24H,13-16H2,1-8H3/t23-,24-/m1/s1. The number of amidine groups is 2. The third-order valence-corrected chi connectivity index (χ3v) is 6.34. The minimum Gasteiger partial charge on any atom is -0.463 e. The van der Waals surface area contributed by atoms with E-state index in [1.54, 1.807) is 0 Å². The fourth-order valence-electron chi connectivity index (χ4n) is 4.13. The lowest BCUT2D eigenvalue weighted by molar-refractivity contribution is 0.166. The van der Waals surface area contributed by atoms with Gasteiger partial charge in [0.05, 0.1) is 18.6 Å². The SMILES string of the molecule is CC(C)[C@H]1COC(N(Cc2cccc(CN(C(C)C)C(C)C)c2)C2=N[C@@H](C(C)C)CO2)=N1. The number of hydrogen-bond donors (Lipinski definition) is 0. The summed E-state index contributed by atoms with van der Waals surface area (Å²) in [6.45, 7) is 20.5. The zero-order valence-electron chi connectivity index (χ0n) is 21.2. The Labute approximate surface area is 194 Å². The van der Waals surface area contributed by atoms with Crippen LogP contribution in [-0.2, 0) is 22.6 Å². The predicted molar refractivity (Wildman–Crippen MR) is 132 cm³/mol. The van der Waals surface area contributed by atoms with Crippen LogP contribution in [0.3, 0.4) is 0 Å². The van der Waals surface area contributed by atoms with E-state index in [2.05, 4.69) is 84.6 Å². The third-order valence-electron chi connectivity index (χ3n) is 6.34. The average molecular weight is 443 g/mol. The maximum atomic E-state index is 6.03. The highest BCUT2D eigenvalue weighted by molar-refractivity contribution is 5.94. The van der Waals surface area contributed by atoms with Gasteiger partial charge in [-0.15, -0.1) is 0 Å². The molecule has 0 saturated carbocycles. The molecule has 2 heterocycles. The Balaban J connectivity index is 1.84. The van der Waals surface area contributed by atoms with Crippen LogP contribution < -0.4 is 0 Å². The zero-order chi connectivity index (χ0) is 23.4. The van der Waals surface area contributed by atoms with Crippen LogP contribution in [-0.4, -0.2) is 59.2 Å². The van der Waals surface area contributed by atoms with Crippen molar-refractivity contribution >= 4 is 12.0 Å². The van der Waals surface area contributed by atoms with Gasteiger partial charge in [0, 0.05) is 18.6 Å². The molecule has 0 fully saturated rings. The number of hydrogen-bond acceptors (Lipinski definition) is 6. The Hall–Kier alpha value is -2.08. The van der Waals surface area contributed by atoms with Gasteiger partial charge in [0.25, 0.3) is 12.0 Å². The second kappa shape index (κ2) is 10.7. The molecule has 1 aromatic carbocycles. The molecule has 6 heteroatoms. The molecule has 178 valence electrons. The van der Waals surface area contributed by atoms with Crippen LogP contribution in [0.1, 0.15) is 66.5 Å². The Morgan fingerprint density at radius 2 is 1.25 bits per heavy atom. The maximum absolute atomic E-state index is 6.03. The number of ether oxygens (including phenoxy) is 2. The molecule has 3 rings (SSSR count). The van der Waals surface area contributed by atoms with Crippen LogP contribution in [0.2, 0.25) is 0 Å². The summed E-state index contributed by atoms with van der Waals surface area (Å²) in [7, 11) is 0. The highest BCUT2D eigenvalue weighted by Gasteiger charge is 2.33. The molecule has 32 heavy (non-hydrogen) atoms. The smallest absolute Gasteiger partial charge is 0.296 e. The Morgan fingerprint density at radius 1 is 0.781 bits per heavy atom. The van der Waals surface area contributed by atoms with Crippen LogP contribution in [0.25, 0.3) is 0 Å². The van der Waals surface area contributed by atoms with E-state index in [1.807, 2.05) is 4.90 Å². The van der Waals surface area contributed by atoms with Gasteiger partial charge in [0.1, 0.15) is 13.2 Å². The van der Waals surface area contributed by atoms with Crippen molar-refractivity contribution in [1.82, 2.24) is 9.80 Å². The fourth-order valence-corrected chi connectivity index (χ4v) is 4.13. The van der Waals surface area contributed by atoms with Crippen LogP contribution in [0.5, 0.6) is 0 Å². The largest absolute Gasteiger partial charge is 0.463 e. The van der Waals surface area contributed by atoms with Gasteiger partial charge < -0.3 is 9.47 Å². The van der Waals surface area contributed by atoms with Gasteiger partial charge in [-0.2, -0.15) is 0 Å². The van der Waals surface area contributed by atoms with Crippen molar-refractivity contribution in [2.24, 2.45) is 21.8 Å². The molecule has 6 nitrogen and oxygen atoms in total. The van der Waals surface area contributed by atoms with E-state index in [1.165, 1.54) is 11.1 Å². The lowest BCUT2D eigenvalue weighted by Crippen LogP contribution is -2.37. The normalized spacial score (nSPS) is 20.9. The summed E-state index contributed by atoms with van der Waals surface area (Å²) in [6, 6.07) is 11.4. The lowest BCUT2D eigenvalue weighted by atomic mass is 10.1. The van der Waals surface area contributed by atoms with Gasteiger partial charge in [0.2, 0.25) is 0 Å². The molecule has 0 saturated heterocycles. The summed E-state index contributed by atoms with van der Waals surface area (Å²) >= 11 is 0. The highest BCUT2D eigenvalue weighted by Crippen LogP contribution is 2.22. The van der Waals surface area contributed by atoms with E-state index in [4.69, 9.17) is 19.5 Å². The van der Waals surface area contributed by atoms with Crippen molar-refractivity contribution in [2.45, 2.75) is 92.6 Å². The van der Waals surface area contributed by atoms with Crippen LogP contribution in [0, 0.1) is 11.8 Å². The zero-order valence-corrected chi connectivity index (χ0v) is 21.2. The molecule has 1 aromatic rings. The van der Waals surface area contributed by atoms with E-state index in [-0.39, 0.29) is 12.1 Å². The number of rotatable bonds is 8. The van der Waals surface area contributed by atoms with Gasteiger partial charge >= 0.3 is 0 Å². The predicted octanol–water partition coefficient (Wildman–Crippen LogP) is 4.93. The molecule has 0 amide bonds. The number of nitrogens with zero attached hydrogens (tertiary/aromatic N) is 4. The van der Waals surface area contributed by atoms with Gasteiger partial charge in [-0.1, -0.05) is 52.0 Å². The van der Waals surface area contributed by atoms with Crippen LogP contribution >= 0.6 is 0 Å². The molecular weight excluding hydrogens is 400 g/mol. The van der Waals surface area contributed by atoms with E-state index in [9.17, 15) is 0 Å². The van der Waals surface area contributed by atoms with Crippen LogP contribution in [0.15, 0.2) is 34.3 Å². The Bertz CT molecular complexity index is 774. The Kier molecular flexibility index (Phi) is 8.21. The van der Waals surface area contributed by atoms with E-state index >= 15 is 0 Å². The second-order valence-corrected chi connectivity index (χ2v) is 10.3. The molecule has 2 atom stereocenters. The molecule has 0 spiro atoms. The lowest BCUT2D eigenvalue weighted by Gasteiger charge is -2.30. The summed E-state index contributed by atoms with van der Waals surface area (Å²) in [5, 5.41) is 0. The number of aliphatic imine (C=N–C) groups is 2. The van der Waals surface area contributed by atoms with E-state index in [0.717, 1.165) is 6.54 Å². The Morgan fingerprint density at radius 3 is 1.66 bits per heavy atom. The summed E-state index contributed by atoms with van der Waals surface area (Å²) in [5.74, 6) is 0.871. The number of benzene rings is 1. The van der Waals surface area contributed by atoms with Crippen molar-refractivity contribution in [3.8, 4) is 0 Å². The average Bonchev–Trinajstić information content (AvgIpc) is 3.40. The summed E-state index contributed by atoms with van der Waals surface area (Å²) in [6.07, 6.45) is 0. The maximum Gasteiger partial charge on any atom is 0.296 e. The van der Waals surface area contributed by atoms with Crippen molar-refractivity contribution < 1.29 is 9.47 Å². The summed E-state index contributed by atoms with van der Waals surface area (Å²) in [5.41, 5.74) is 2.52. The molecule has 0 aliphatic carbocycles. The van der Waals surface area contributed by atoms with Gasteiger partial charge in [-0.05, 0) is 50.7 Å². The van der Waals surface area contributed by atoms with Crippen molar-refractivity contribution in [1.29, 1.82) is 0 Å². The topological polar surface area (TPSA) is 49.7 Å². The highest BCUT2D eigenvalue weighted by atomic mass is 16.5. The molecule has 0 unspecified atom stereocenters. The first kappa shape index (κ1) is 24.6. The summed E-state index contributed by atoms with van der Waals surface area (Å²) in [4.78, 5) is 14.3. The quantitative estimate of drug-likeness (QED) is 0.573. The molecule has 0 aromatic heterocycles. The van der Waals surface area contributed by atoms with Gasteiger partial charge in [-0.25, -0.2) is 14.9 Å². The van der Waals surface area contributed by atoms with Gasteiger partial charge in [0.15, 0.2) is 0 Å². The van der Waals surface area contributed by atoms with Gasteiger partial charge in [-0.3, -0.25) is 4.90 Å².